The van der Waals surface area contributed by atoms with Gasteiger partial charge < -0.3 is 4.42 Å². The van der Waals surface area contributed by atoms with Gasteiger partial charge in [-0.2, -0.15) is 0 Å². The first-order valence-electron chi connectivity index (χ1n) is 19.1. The van der Waals surface area contributed by atoms with E-state index in [1.807, 2.05) is 12.1 Å². The minimum absolute atomic E-state index is 0.230. The summed E-state index contributed by atoms with van der Waals surface area (Å²) in [6.07, 6.45) is 0. The number of benzene rings is 8. The number of furan rings is 1. The van der Waals surface area contributed by atoms with Crippen molar-refractivity contribution < 1.29 is 4.42 Å². The third kappa shape index (κ3) is 4.96. The Labute approximate surface area is 324 Å². The smallest absolute Gasteiger partial charge is 0.167 e. The number of rotatable bonds is 5. The average molecular weight is 718 g/mol. The largest absolute Gasteiger partial charge is 0.455 e. The molecule has 0 saturated carbocycles. The minimum Gasteiger partial charge on any atom is -0.455 e. The average Bonchev–Trinajstić information content (AvgIpc) is 3.77. The van der Waals surface area contributed by atoms with Crippen LogP contribution in [0.5, 0.6) is 0 Å². The monoisotopic (exact) mass is 717 g/mol. The van der Waals surface area contributed by atoms with Crippen molar-refractivity contribution >= 4 is 32.7 Å². The van der Waals surface area contributed by atoms with Gasteiger partial charge in [-0.3, -0.25) is 0 Å². The summed E-state index contributed by atoms with van der Waals surface area (Å²) in [7, 11) is 0. The molecule has 4 heteroatoms. The van der Waals surface area contributed by atoms with Crippen LogP contribution in [-0.4, -0.2) is 15.0 Å². The van der Waals surface area contributed by atoms with Crippen molar-refractivity contribution in [2.45, 2.75) is 19.3 Å². The molecule has 0 N–H and O–H groups in total. The number of nitrogens with zero attached hydrogens (tertiary/aromatic N) is 3. The van der Waals surface area contributed by atoms with Crippen LogP contribution in [0.1, 0.15) is 25.0 Å². The molecule has 2 aromatic heterocycles. The molecule has 0 atom stereocenters. The molecule has 0 amide bonds. The molecule has 0 saturated heterocycles. The van der Waals surface area contributed by atoms with Crippen LogP contribution >= 0.6 is 0 Å². The van der Waals surface area contributed by atoms with Gasteiger partial charge in [0.1, 0.15) is 11.2 Å². The normalized spacial score (nSPS) is 13.0. The SMILES string of the molecule is CC1(C)c2ccccc2-c2c1c1c3cccc(-c4nc(-c5ccc(-c6ccccc6)cc5)nc(-c5ccc(-c6ccccc6)cc5)n4)c3oc1c1ccccc21. The van der Waals surface area contributed by atoms with E-state index < -0.39 is 0 Å². The zero-order chi connectivity index (χ0) is 37.4. The summed E-state index contributed by atoms with van der Waals surface area (Å²) in [5.74, 6) is 1.78. The molecule has 4 nitrogen and oxygen atoms in total. The van der Waals surface area contributed by atoms with Crippen molar-refractivity contribution in [3.63, 3.8) is 0 Å². The van der Waals surface area contributed by atoms with Crippen LogP contribution < -0.4 is 0 Å². The number of hydrogen-bond donors (Lipinski definition) is 0. The van der Waals surface area contributed by atoms with Crippen molar-refractivity contribution in [1.29, 1.82) is 0 Å². The second kappa shape index (κ2) is 12.4. The highest BCUT2D eigenvalue weighted by atomic mass is 16.3. The maximum Gasteiger partial charge on any atom is 0.167 e. The Bertz CT molecular complexity index is 3030. The summed E-state index contributed by atoms with van der Waals surface area (Å²) >= 11 is 0. The molecule has 1 aliphatic rings. The fraction of sp³-hybridized carbons (Fsp3) is 0.0577. The van der Waals surface area contributed by atoms with Crippen molar-refractivity contribution in [1.82, 2.24) is 15.0 Å². The lowest BCUT2D eigenvalue weighted by atomic mass is 9.79. The van der Waals surface area contributed by atoms with Gasteiger partial charge in [-0.1, -0.05) is 184 Å². The molecule has 2 heterocycles. The van der Waals surface area contributed by atoms with E-state index in [0.29, 0.717) is 17.5 Å². The second-order valence-corrected chi connectivity index (χ2v) is 15.1. The molecule has 0 radical (unpaired) electrons. The Morgan fingerprint density at radius 1 is 0.375 bits per heavy atom. The summed E-state index contributed by atoms with van der Waals surface area (Å²) in [5.41, 5.74) is 13.9. The van der Waals surface area contributed by atoms with E-state index in [9.17, 15) is 0 Å². The lowest BCUT2D eigenvalue weighted by Gasteiger charge is -2.22. The first kappa shape index (κ1) is 32.3. The van der Waals surface area contributed by atoms with Gasteiger partial charge in [-0.25, -0.2) is 15.0 Å². The molecule has 1 aliphatic carbocycles. The van der Waals surface area contributed by atoms with E-state index in [1.165, 1.54) is 27.6 Å². The molecule has 0 unspecified atom stereocenters. The lowest BCUT2D eigenvalue weighted by Crippen LogP contribution is -2.15. The first-order chi connectivity index (χ1) is 27.5. The molecule has 8 aromatic carbocycles. The highest BCUT2D eigenvalue weighted by Gasteiger charge is 2.39. The van der Waals surface area contributed by atoms with E-state index in [2.05, 4.69) is 178 Å². The van der Waals surface area contributed by atoms with Gasteiger partial charge >= 0.3 is 0 Å². The number of aromatic nitrogens is 3. The van der Waals surface area contributed by atoms with Crippen molar-refractivity contribution in [2.24, 2.45) is 0 Å². The molecule has 11 rings (SSSR count). The summed E-state index contributed by atoms with van der Waals surface area (Å²) in [6.45, 7) is 4.68. The first-order valence-corrected chi connectivity index (χ1v) is 19.1. The molecule has 10 aromatic rings. The van der Waals surface area contributed by atoms with Crippen molar-refractivity contribution in [3.05, 3.63) is 187 Å². The zero-order valence-electron chi connectivity index (χ0n) is 31.0. The van der Waals surface area contributed by atoms with E-state index >= 15 is 0 Å². The third-order valence-corrected chi connectivity index (χ3v) is 11.5. The maximum atomic E-state index is 7.09. The van der Waals surface area contributed by atoms with Crippen LogP contribution in [0.15, 0.2) is 180 Å². The standard InChI is InChI=1S/C52H35N3O/c1-52(2)43-23-12-11-20-40(43)44-38-18-9-10-19-39(38)48-45(46(44)52)41-21-13-22-42(47(41)56-48)51-54-49(36-28-24-34(25-29-36)32-14-5-3-6-15-32)53-50(55-51)37-30-26-35(27-31-37)33-16-7-4-8-17-33/h3-31H,1-2H3. The Hall–Kier alpha value is -7.17. The van der Waals surface area contributed by atoms with Crippen molar-refractivity contribution in [3.8, 4) is 67.5 Å². The number of para-hydroxylation sites is 1. The summed E-state index contributed by atoms with van der Waals surface area (Å²) in [6, 6.07) is 61.6. The fourth-order valence-corrected chi connectivity index (χ4v) is 8.82. The second-order valence-electron chi connectivity index (χ2n) is 15.1. The Morgan fingerprint density at radius 3 is 1.46 bits per heavy atom. The summed E-state index contributed by atoms with van der Waals surface area (Å²) in [4.78, 5) is 15.5. The van der Waals surface area contributed by atoms with Gasteiger partial charge in [-0.05, 0) is 56.0 Å². The van der Waals surface area contributed by atoms with E-state index in [-0.39, 0.29) is 5.41 Å². The molecular formula is C52H35N3O. The van der Waals surface area contributed by atoms with Gasteiger partial charge in [0.25, 0.3) is 0 Å². The summed E-state index contributed by atoms with van der Waals surface area (Å²) < 4.78 is 7.09. The number of hydrogen-bond acceptors (Lipinski definition) is 4. The van der Waals surface area contributed by atoms with Crippen molar-refractivity contribution in [2.75, 3.05) is 0 Å². The molecule has 56 heavy (non-hydrogen) atoms. The molecule has 0 spiro atoms. The van der Waals surface area contributed by atoms with Crippen LogP contribution in [0.4, 0.5) is 0 Å². The highest BCUT2D eigenvalue weighted by molar-refractivity contribution is 6.24. The Kier molecular flexibility index (Phi) is 7.17. The molecule has 0 bridgehead atoms. The van der Waals surface area contributed by atoms with Gasteiger partial charge in [0, 0.05) is 32.7 Å². The molecule has 0 aliphatic heterocycles. The fourth-order valence-electron chi connectivity index (χ4n) is 8.82. The topological polar surface area (TPSA) is 51.8 Å². The highest BCUT2D eigenvalue weighted by Crippen LogP contribution is 2.56. The van der Waals surface area contributed by atoms with Crippen LogP contribution in [0, 0.1) is 0 Å². The lowest BCUT2D eigenvalue weighted by molar-refractivity contribution is 0.659. The third-order valence-electron chi connectivity index (χ3n) is 11.5. The van der Waals surface area contributed by atoms with E-state index in [1.54, 1.807) is 0 Å². The van der Waals surface area contributed by atoms with E-state index in [0.717, 1.165) is 66.3 Å². The summed E-state index contributed by atoms with van der Waals surface area (Å²) in [5, 5.41) is 4.52. The van der Waals surface area contributed by atoms with Gasteiger partial charge in [0.2, 0.25) is 0 Å². The predicted molar refractivity (Wildman–Crippen MR) is 229 cm³/mol. The number of fused-ring (bicyclic) bond motifs is 10. The zero-order valence-corrected chi connectivity index (χ0v) is 31.0. The van der Waals surface area contributed by atoms with Crippen LogP contribution in [-0.2, 0) is 5.41 Å². The van der Waals surface area contributed by atoms with Crippen LogP contribution in [0.25, 0.3) is 100 Å². The van der Waals surface area contributed by atoms with Crippen LogP contribution in [0.3, 0.4) is 0 Å². The predicted octanol–water partition coefficient (Wildman–Crippen LogP) is 13.6. The molecule has 264 valence electrons. The Balaban J connectivity index is 1.13. The maximum absolute atomic E-state index is 7.09. The van der Waals surface area contributed by atoms with Gasteiger partial charge in [0.05, 0.1) is 5.56 Å². The Morgan fingerprint density at radius 2 is 0.839 bits per heavy atom. The minimum atomic E-state index is -0.230. The van der Waals surface area contributed by atoms with Crippen LogP contribution in [0.2, 0.25) is 0 Å². The van der Waals surface area contributed by atoms with E-state index in [4.69, 9.17) is 19.4 Å². The van der Waals surface area contributed by atoms with Gasteiger partial charge in [0.15, 0.2) is 17.5 Å². The van der Waals surface area contributed by atoms with Gasteiger partial charge in [-0.15, -0.1) is 0 Å². The molecular weight excluding hydrogens is 683 g/mol. The quantitative estimate of drug-likeness (QED) is 0.178. The molecule has 0 fully saturated rings.